The lowest BCUT2D eigenvalue weighted by Gasteiger charge is -2.20. The molecule has 0 unspecified atom stereocenters. The van der Waals surface area contributed by atoms with Gasteiger partial charge in [-0.1, -0.05) is 25.8 Å². The molecular weight excluding hydrogens is 380 g/mol. The van der Waals surface area contributed by atoms with Gasteiger partial charge < -0.3 is 19.5 Å². The molecule has 154 valence electrons. The highest BCUT2D eigenvalue weighted by atomic mass is 32.1. The van der Waals surface area contributed by atoms with Gasteiger partial charge in [0, 0.05) is 31.4 Å². The standard InChI is InChI=1S/C20H28N2O5S/c1-4-6-7-9-25-11-14-10-20(16(23)26-14)13-19(3,27-17(20)24)15-12-28-18(22-15)21-8-5-2/h5,12,14H,2,4,6-11,13H2,1,3H3,(H,21,22)/t14-,19+,20+/m1/s1. The van der Waals surface area contributed by atoms with Crippen LogP contribution in [-0.4, -0.2) is 42.8 Å². The van der Waals surface area contributed by atoms with E-state index in [2.05, 4.69) is 23.8 Å². The molecule has 2 aliphatic heterocycles. The van der Waals surface area contributed by atoms with Crippen LogP contribution in [0.15, 0.2) is 18.0 Å². The molecule has 1 aromatic heterocycles. The lowest BCUT2D eigenvalue weighted by atomic mass is 9.78. The molecule has 0 aromatic carbocycles. The SMILES string of the molecule is C=CCNc1nc([C@]2(C)C[C@]3(C[C@H](COCCCCC)OC3=O)C(=O)O2)cs1. The maximum Gasteiger partial charge on any atom is 0.324 e. The number of rotatable bonds is 10. The minimum absolute atomic E-state index is 0.231. The Balaban J connectivity index is 1.64. The Hall–Kier alpha value is -1.93. The van der Waals surface area contributed by atoms with Crippen molar-refractivity contribution in [2.24, 2.45) is 5.41 Å². The Kier molecular flexibility index (Phi) is 6.40. The number of carbonyl (C=O) groups is 2. The van der Waals surface area contributed by atoms with Crippen LogP contribution in [0.4, 0.5) is 5.13 Å². The summed E-state index contributed by atoms with van der Waals surface area (Å²) in [5, 5.41) is 5.70. The predicted molar refractivity (Wildman–Crippen MR) is 106 cm³/mol. The normalized spacial score (nSPS) is 29.1. The Labute approximate surface area is 169 Å². The third-order valence-electron chi connectivity index (χ3n) is 5.23. The number of nitrogens with zero attached hydrogens (tertiary/aromatic N) is 1. The Morgan fingerprint density at radius 1 is 1.43 bits per heavy atom. The number of anilines is 1. The summed E-state index contributed by atoms with van der Waals surface area (Å²) in [6.07, 6.45) is 5.06. The molecule has 0 bridgehead atoms. The molecule has 3 heterocycles. The summed E-state index contributed by atoms with van der Waals surface area (Å²) in [5.74, 6) is -1.04. The number of ether oxygens (including phenoxy) is 3. The van der Waals surface area contributed by atoms with Crippen LogP contribution in [-0.2, 0) is 29.4 Å². The minimum atomic E-state index is -1.26. The zero-order valence-electron chi connectivity index (χ0n) is 16.5. The van der Waals surface area contributed by atoms with E-state index in [0.29, 0.717) is 31.9 Å². The molecule has 7 nitrogen and oxygen atoms in total. The van der Waals surface area contributed by atoms with Gasteiger partial charge in [-0.2, -0.15) is 0 Å². The van der Waals surface area contributed by atoms with Crippen LogP contribution >= 0.6 is 11.3 Å². The van der Waals surface area contributed by atoms with Gasteiger partial charge in [0.1, 0.15) is 6.10 Å². The van der Waals surface area contributed by atoms with Crippen LogP contribution in [0.2, 0.25) is 0 Å². The second kappa shape index (κ2) is 8.61. The van der Waals surface area contributed by atoms with Crippen LogP contribution in [0.3, 0.4) is 0 Å². The molecule has 3 atom stereocenters. The van der Waals surface area contributed by atoms with Crippen molar-refractivity contribution in [3.8, 4) is 0 Å². The molecule has 28 heavy (non-hydrogen) atoms. The number of hydrogen-bond donors (Lipinski definition) is 1. The zero-order valence-corrected chi connectivity index (χ0v) is 17.3. The highest BCUT2D eigenvalue weighted by Crippen LogP contribution is 2.52. The quantitative estimate of drug-likeness (QED) is 0.275. The van der Waals surface area contributed by atoms with Crippen molar-refractivity contribution in [3.05, 3.63) is 23.7 Å². The maximum atomic E-state index is 12.7. The van der Waals surface area contributed by atoms with Crippen molar-refractivity contribution in [1.82, 2.24) is 4.98 Å². The Bertz CT molecular complexity index is 736. The van der Waals surface area contributed by atoms with Crippen LogP contribution in [0.5, 0.6) is 0 Å². The highest BCUT2D eigenvalue weighted by molar-refractivity contribution is 7.13. The van der Waals surface area contributed by atoms with Gasteiger partial charge in [0.25, 0.3) is 0 Å². The fourth-order valence-electron chi connectivity index (χ4n) is 3.74. The minimum Gasteiger partial charge on any atom is -0.459 e. The van der Waals surface area contributed by atoms with E-state index in [9.17, 15) is 9.59 Å². The van der Waals surface area contributed by atoms with Gasteiger partial charge in [0.05, 0.1) is 12.3 Å². The van der Waals surface area contributed by atoms with Gasteiger partial charge in [-0.3, -0.25) is 9.59 Å². The summed E-state index contributed by atoms with van der Waals surface area (Å²) >= 11 is 1.43. The fourth-order valence-corrected chi connectivity index (χ4v) is 4.58. The molecule has 2 saturated heterocycles. The van der Waals surface area contributed by atoms with E-state index in [1.54, 1.807) is 13.0 Å². The van der Waals surface area contributed by atoms with Crippen LogP contribution in [0.1, 0.15) is 51.6 Å². The molecule has 1 aromatic rings. The Morgan fingerprint density at radius 3 is 3.00 bits per heavy atom. The van der Waals surface area contributed by atoms with E-state index < -0.39 is 29.1 Å². The van der Waals surface area contributed by atoms with Crippen LogP contribution in [0.25, 0.3) is 0 Å². The lowest BCUT2D eigenvalue weighted by molar-refractivity contribution is -0.160. The van der Waals surface area contributed by atoms with Crippen molar-refractivity contribution in [2.45, 2.75) is 57.7 Å². The van der Waals surface area contributed by atoms with Crippen LogP contribution < -0.4 is 5.32 Å². The topological polar surface area (TPSA) is 86.8 Å². The summed E-state index contributed by atoms with van der Waals surface area (Å²) in [4.78, 5) is 29.8. The molecule has 2 fully saturated rings. The van der Waals surface area contributed by atoms with Gasteiger partial charge >= 0.3 is 11.9 Å². The maximum absolute atomic E-state index is 12.7. The van der Waals surface area contributed by atoms with E-state index >= 15 is 0 Å². The van der Waals surface area contributed by atoms with E-state index in [-0.39, 0.29) is 6.42 Å². The second-order valence-corrected chi connectivity index (χ2v) is 8.46. The van der Waals surface area contributed by atoms with Crippen molar-refractivity contribution < 1.29 is 23.8 Å². The Morgan fingerprint density at radius 2 is 2.25 bits per heavy atom. The fraction of sp³-hybridized carbons (Fsp3) is 0.650. The van der Waals surface area contributed by atoms with E-state index in [4.69, 9.17) is 14.2 Å². The van der Waals surface area contributed by atoms with Gasteiger partial charge in [0.2, 0.25) is 0 Å². The van der Waals surface area contributed by atoms with Gasteiger partial charge in [-0.05, 0) is 13.3 Å². The van der Waals surface area contributed by atoms with Crippen molar-refractivity contribution >= 4 is 28.4 Å². The first-order valence-electron chi connectivity index (χ1n) is 9.76. The third-order valence-corrected chi connectivity index (χ3v) is 6.03. The lowest BCUT2D eigenvalue weighted by Crippen LogP contribution is -2.32. The summed E-state index contributed by atoms with van der Waals surface area (Å²) < 4.78 is 16.8. The van der Waals surface area contributed by atoms with Crippen molar-refractivity contribution in [1.29, 1.82) is 0 Å². The number of thiazole rings is 1. The molecule has 0 aliphatic carbocycles. The molecule has 0 saturated carbocycles. The summed E-state index contributed by atoms with van der Waals surface area (Å²) in [7, 11) is 0. The number of esters is 2. The number of hydrogen-bond acceptors (Lipinski definition) is 8. The number of cyclic esters (lactones) is 2. The first-order chi connectivity index (χ1) is 13.4. The van der Waals surface area contributed by atoms with Gasteiger partial charge in [-0.15, -0.1) is 17.9 Å². The van der Waals surface area contributed by atoms with E-state index in [0.717, 1.165) is 24.4 Å². The van der Waals surface area contributed by atoms with Gasteiger partial charge in [0.15, 0.2) is 16.1 Å². The summed E-state index contributed by atoms with van der Waals surface area (Å²) in [5.41, 5.74) is -1.57. The number of unbranched alkanes of at least 4 members (excludes halogenated alkanes) is 2. The smallest absolute Gasteiger partial charge is 0.324 e. The average molecular weight is 409 g/mol. The summed E-state index contributed by atoms with van der Waals surface area (Å²) in [6, 6.07) is 0. The van der Waals surface area contributed by atoms with Gasteiger partial charge in [-0.25, -0.2) is 4.98 Å². The van der Waals surface area contributed by atoms with E-state index in [1.165, 1.54) is 11.3 Å². The third kappa shape index (κ3) is 4.07. The molecule has 0 amide bonds. The monoisotopic (exact) mass is 408 g/mol. The average Bonchev–Trinajstić information content (AvgIpc) is 3.32. The number of nitrogens with one attached hydrogen (secondary N) is 1. The summed E-state index contributed by atoms with van der Waals surface area (Å²) in [6.45, 7) is 9.14. The number of carbonyl (C=O) groups excluding carboxylic acids is 2. The largest absolute Gasteiger partial charge is 0.459 e. The zero-order chi connectivity index (χ0) is 20.2. The molecule has 1 N–H and O–H groups in total. The molecule has 8 heteroatoms. The molecule has 2 aliphatic rings. The molecular formula is C20H28N2O5S. The molecule has 3 rings (SSSR count). The van der Waals surface area contributed by atoms with Crippen molar-refractivity contribution in [3.63, 3.8) is 0 Å². The van der Waals surface area contributed by atoms with Crippen LogP contribution in [0, 0.1) is 5.41 Å². The first kappa shape index (κ1) is 20.8. The highest BCUT2D eigenvalue weighted by Gasteiger charge is 2.65. The molecule has 1 spiro atoms. The first-order valence-corrected chi connectivity index (χ1v) is 10.6. The van der Waals surface area contributed by atoms with E-state index in [1.807, 2.05) is 5.38 Å². The number of aromatic nitrogens is 1. The second-order valence-electron chi connectivity index (χ2n) is 7.60. The van der Waals surface area contributed by atoms with Crippen molar-refractivity contribution in [2.75, 3.05) is 25.1 Å². The predicted octanol–water partition coefficient (Wildman–Crippen LogP) is 3.41. The molecule has 0 radical (unpaired) electrons.